The van der Waals surface area contributed by atoms with Gasteiger partial charge in [-0.05, 0) is 64.2 Å². The van der Waals surface area contributed by atoms with Gasteiger partial charge in [0.2, 0.25) is 0 Å². The van der Waals surface area contributed by atoms with Crippen LogP contribution in [0.25, 0.3) is 0 Å². The molecule has 3 heteroatoms. The van der Waals surface area contributed by atoms with E-state index in [4.69, 9.17) is 5.11 Å². The molecule has 0 bridgehead atoms. The van der Waals surface area contributed by atoms with Gasteiger partial charge in [0.25, 0.3) is 0 Å². The van der Waals surface area contributed by atoms with E-state index in [0.29, 0.717) is 6.61 Å². The number of aliphatic hydroxyl groups is 1. The minimum absolute atomic E-state index is 0.338. The lowest BCUT2D eigenvalue weighted by molar-refractivity contribution is 0.197. The van der Waals surface area contributed by atoms with Crippen LogP contribution in [0.1, 0.15) is 39.0 Å². The first-order valence-corrected chi connectivity index (χ1v) is 6.90. The van der Waals surface area contributed by atoms with Gasteiger partial charge in [-0.15, -0.1) is 0 Å². The fourth-order valence-electron chi connectivity index (χ4n) is 2.50. The predicted molar refractivity (Wildman–Crippen MR) is 68.6 cm³/mol. The molecule has 1 atom stereocenters. The number of nitrogens with zero attached hydrogens (tertiary/aromatic N) is 1. The first-order valence-electron chi connectivity index (χ1n) is 6.90. The monoisotopic (exact) mass is 228 g/mol. The highest BCUT2D eigenvalue weighted by atomic mass is 16.2. The van der Waals surface area contributed by atoms with Crippen LogP contribution in [0.2, 0.25) is 0 Å². The second-order valence-corrected chi connectivity index (χ2v) is 4.94. The smallest absolute Gasteiger partial charge is 0.0431 e. The van der Waals surface area contributed by atoms with Gasteiger partial charge in [-0.2, -0.15) is 0 Å². The SMILES string of the molecule is CCCN(CCCCO)CC1CCCNC1. The molecule has 0 aromatic carbocycles. The van der Waals surface area contributed by atoms with Crippen LogP contribution in [0, 0.1) is 5.92 Å². The zero-order valence-corrected chi connectivity index (χ0v) is 10.7. The van der Waals surface area contributed by atoms with Gasteiger partial charge in [0, 0.05) is 13.2 Å². The number of unbranched alkanes of at least 4 members (excludes halogenated alkanes) is 1. The highest BCUT2D eigenvalue weighted by Gasteiger charge is 2.16. The van der Waals surface area contributed by atoms with Gasteiger partial charge in [-0.1, -0.05) is 6.92 Å². The van der Waals surface area contributed by atoms with Gasteiger partial charge in [0.05, 0.1) is 0 Å². The largest absolute Gasteiger partial charge is 0.396 e. The Bertz CT molecular complexity index is 158. The zero-order valence-electron chi connectivity index (χ0n) is 10.7. The number of rotatable bonds is 8. The second kappa shape index (κ2) is 8.97. The Morgan fingerprint density at radius 2 is 2.19 bits per heavy atom. The quantitative estimate of drug-likeness (QED) is 0.618. The molecule has 0 aliphatic carbocycles. The lowest BCUT2D eigenvalue weighted by Gasteiger charge is -2.30. The number of hydrogen-bond acceptors (Lipinski definition) is 3. The Morgan fingerprint density at radius 1 is 1.31 bits per heavy atom. The van der Waals surface area contributed by atoms with Crippen LogP contribution in [0.4, 0.5) is 0 Å². The van der Waals surface area contributed by atoms with Crippen molar-refractivity contribution in [3.63, 3.8) is 0 Å². The first kappa shape index (κ1) is 13.9. The molecule has 1 aliphatic rings. The third kappa shape index (κ3) is 5.83. The first-order chi connectivity index (χ1) is 7.86. The molecular weight excluding hydrogens is 200 g/mol. The summed E-state index contributed by atoms with van der Waals surface area (Å²) < 4.78 is 0. The van der Waals surface area contributed by atoms with E-state index in [9.17, 15) is 0 Å². The minimum Gasteiger partial charge on any atom is -0.396 e. The third-order valence-electron chi connectivity index (χ3n) is 3.34. The molecule has 16 heavy (non-hydrogen) atoms. The maximum Gasteiger partial charge on any atom is 0.0431 e. The van der Waals surface area contributed by atoms with Crippen molar-refractivity contribution in [3.8, 4) is 0 Å². The predicted octanol–water partition coefficient (Wildman–Crippen LogP) is 1.47. The van der Waals surface area contributed by atoms with Gasteiger partial charge < -0.3 is 15.3 Å². The summed E-state index contributed by atoms with van der Waals surface area (Å²) in [7, 11) is 0. The molecule has 0 amide bonds. The molecule has 0 radical (unpaired) electrons. The summed E-state index contributed by atoms with van der Waals surface area (Å²) in [6.45, 7) is 8.59. The van der Waals surface area contributed by atoms with Gasteiger partial charge in [0.15, 0.2) is 0 Å². The molecular formula is C13H28N2O. The summed E-state index contributed by atoms with van der Waals surface area (Å²) in [5, 5.41) is 12.3. The molecule has 0 saturated carbocycles. The highest BCUT2D eigenvalue weighted by molar-refractivity contribution is 4.73. The normalized spacial score (nSPS) is 21.6. The summed E-state index contributed by atoms with van der Waals surface area (Å²) in [4.78, 5) is 2.58. The summed E-state index contributed by atoms with van der Waals surface area (Å²) in [5.74, 6) is 0.842. The fourth-order valence-corrected chi connectivity index (χ4v) is 2.50. The van der Waals surface area contributed by atoms with Gasteiger partial charge in [0.1, 0.15) is 0 Å². The fraction of sp³-hybridized carbons (Fsp3) is 1.00. The van der Waals surface area contributed by atoms with Crippen LogP contribution in [0.15, 0.2) is 0 Å². The van der Waals surface area contributed by atoms with Crippen molar-refractivity contribution in [1.82, 2.24) is 10.2 Å². The highest BCUT2D eigenvalue weighted by Crippen LogP contribution is 2.12. The lowest BCUT2D eigenvalue weighted by atomic mass is 9.99. The average molecular weight is 228 g/mol. The van der Waals surface area contributed by atoms with Crippen molar-refractivity contribution >= 4 is 0 Å². The van der Waals surface area contributed by atoms with Crippen molar-refractivity contribution in [2.24, 2.45) is 5.92 Å². The van der Waals surface area contributed by atoms with Crippen molar-refractivity contribution in [2.75, 3.05) is 39.3 Å². The van der Waals surface area contributed by atoms with Crippen LogP contribution in [0.5, 0.6) is 0 Å². The van der Waals surface area contributed by atoms with E-state index in [2.05, 4.69) is 17.1 Å². The van der Waals surface area contributed by atoms with E-state index in [0.717, 1.165) is 25.3 Å². The molecule has 1 fully saturated rings. The molecule has 0 aromatic heterocycles. The van der Waals surface area contributed by atoms with Crippen molar-refractivity contribution < 1.29 is 5.11 Å². The maximum atomic E-state index is 8.80. The molecule has 1 aliphatic heterocycles. The van der Waals surface area contributed by atoms with E-state index >= 15 is 0 Å². The number of aliphatic hydroxyl groups excluding tert-OH is 1. The number of hydrogen-bond donors (Lipinski definition) is 2. The molecule has 2 N–H and O–H groups in total. The van der Waals surface area contributed by atoms with E-state index < -0.39 is 0 Å². The molecule has 0 spiro atoms. The van der Waals surface area contributed by atoms with E-state index in [1.54, 1.807) is 0 Å². The molecule has 96 valence electrons. The van der Waals surface area contributed by atoms with Crippen molar-refractivity contribution in [3.05, 3.63) is 0 Å². The Labute approximate surface area is 100 Å². The summed E-state index contributed by atoms with van der Waals surface area (Å²) in [5.41, 5.74) is 0. The Morgan fingerprint density at radius 3 is 2.81 bits per heavy atom. The Kier molecular flexibility index (Phi) is 7.81. The maximum absolute atomic E-state index is 8.80. The average Bonchev–Trinajstić information content (AvgIpc) is 2.31. The Hall–Kier alpha value is -0.120. The Balaban J connectivity index is 2.19. The molecule has 1 rings (SSSR count). The van der Waals surface area contributed by atoms with Crippen molar-refractivity contribution in [1.29, 1.82) is 0 Å². The summed E-state index contributed by atoms with van der Waals surface area (Å²) >= 11 is 0. The van der Waals surface area contributed by atoms with E-state index in [1.165, 1.54) is 45.4 Å². The third-order valence-corrected chi connectivity index (χ3v) is 3.34. The molecule has 3 nitrogen and oxygen atoms in total. The van der Waals surface area contributed by atoms with E-state index in [1.807, 2.05) is 0 Å². The number of piperidine rings is 1. The van der Waals surface area contributed by atoms with Crippen LogP contribution in [0.3, 0.4) is 0 Å². The van der Waals surface area contributed by atoms with E-state index in [-0.39, 0.29) is 0 Å². The topological polar surface area (TPSA) is 35.5 Å². The van der Waals surface area contributed by atoms with Crippen LogP contribution in [-0.2, 0) is 0 Å². The molecule has 0 aromatic rings. The van der Waals surface area contributed by atoms with Gasteiger partial charge >= 0.3 is 0 Å². The van der Waals surface area contributed by atoms with Crippen molar-refractivity contribution in [2.45, 2.75) is 39.0 Å². The standard InChI is InChI=1S/C13H28N2O/c1-2-8-15(9-3-4-10-16)12-13-6-5-7-14-11-13/h13-14,16H,2-12H2,1H3. The van der Waals surface area contributed by atoms with Crippen LogP contribution >= 0.6 is 0 Å². The lowest BCUT2D eigenvalue weighted by Crippen LogP contribution is -2.39. The summed E-state index contributed by atoms with van der Waals surface area (Å²) in [6.07, 6.45) is 6.04. The molecule has 1 unspecified atom stereocenters. The number of nitrogens with one attached hydrogen (secondary N) is 1. The van der Waals surface area contributed by atoms with Gasteiger partial charge in [-0.3, -0.25) is 0 Å². The zero-order chi connectivity index (χ0) is 11.6. The van der Waals surface area contributed by atoms with Crippen LogP contribution < -0.4 is 5.32 Å². The molecule has 1 saturated heterocycles. The second-order valence-electron chi connectivity index (χ2n) is 4.94. The summed E-state index contributed by atoms with van der Waals surface area (Å²) in [6, 6.07) is 0. The van der Waals surface area contributed by atoms with Gasteiger partial charge in [-0.25, -0.2) is 0 Å². The molecule has 1 heterocycles. The van der Waals surface area contributed by atoms with Crippen LogP contribution in [-0.4, -0.2) is 49.3 Å². The minimum atomic E-state index is 0.338.